The Morgan fingerprint density at radius 2 is 1.89 bits per heavy atom. The minimum atomic E-state index is -1.15. The van der Waals surface area contributed by atoms with Gasteiger partial charge >= 0.3 is 5.97 Å². The number of methoxy groups -OCH3 is 1. The van der Waals surface area contributed by atoms with E-state index in [4.69, 9.17) is 32.9 Å². The Balaban J connectivity index is 1.44. The third kappa shape index (κ3) is 4.53. The summed E-state index contributed by atoms with van der Waals surface area (Å²) in [5.41, 5.74) is 2.70. The number of amides is 1. The summed E-state index contributed by atoms with van der Waals surface area (Å²) in [6.07, 6.45) is 2.94. The SMILES string of the molecule is COC(=O)c1ccc2nc3n(c2c1C)CC[C@H]1[C@@H]3[C@H](c2cccc(Cl)c2F)[C@](C)(C(=O)Nc2cccc(Cl)c2)N1CC1CC1. The molecule has 4 aromatic rings. The van der Waals surface area contributed by atoms with Crippen LogP contribution in [0.5, 0.6) is 0 Å². The number of esters is 1. The largest absolute Gasteiger partial charge is 0.465 e. The van der Waals surface area contributed by atoms with Gasteiger partial charge < -0.3 is 14.6 Å². The van der Waals surface area contributed by atoms with Gasteiger partial charge in [-0.2, -0.15) is 0 Å². The number of anilines is 1. The molecule has 3 aromatic carbocycles. The molecule has 1 amide bonds. The Bertz CT molecular complexity index is 1820. The number of hydrogen-bond acceptors (Lipinski definition) is 5. The Kier molecular flexibility index (Phi) is 7.22. The number of halogens is 3. The predicted octanol–water partition coefficient (Wildman–Crippen LogP) is 7.34. The molecule has 1 aromatic heterocycles. The van der Waals surface area contributed by atoms with Crippen LogP contribution in [0.15, 0.2) is 54.6 Å². The molecule has 4 atom stereocenters. The number of imidazole rings is 1. The third-order valence-electron chi connectivity index (χ3n) is 9.93. The van der Waals surface area contributed by atoms with Gasteiger partial charge in [-0.05, 0) is 86.6 Å². The van der Waals surface area contributed by atoms with Crippen LogP contribution >= 0.6 is 23.2 Å². The van der Waals surface area contributed by atoms with Crippen LogP contribution in [0.4, 0.5) is 10.1 Å². The second kappa shape index (κ2) is 10.9. The first-order valence-corrected chi connectivity index (χ1v) is 15.7. The first kappa shape index (κ1) is 29.3. The number of benzene rings is 3. The second-order valence-electron chi connectivity index (χ2n) is 12.4. The van der Waals surface area contributed by atoms with E-state index in [1.165, 1.54) is 13.2 Å². The normalized spacial score (nSPS) is 24.6. The zero-order valence-electron chi connectivity index (χ0n) is 24.7. The smallest absolute Gasteiger partial charge is 0.338 e. The quantitative estimate of drug-likeness (QED) is 0.225. The van der Waals surface area contributed by atoms with Crippen LogP contribution in [-0.2, 0) is 16.1 Å². The highest BCUT2D eigenvalue weighted by Crippen LogP contribution is 2.58. The molecule has 44 heavy (non-hydrogen) atoms. The van der Waals surface area contributed by atoms with E-state index in [0.29, 0.717) is 34.3 Å². The standard InChI is InChI=1S/C34H33Cl2FN4O3/c1-18-22(32(42)44-3)12-13-25-30(18)40-15-14-26-27(31(40)39-25)28(23-8-5-9-24(36)29(23)37)34(2,41(26)17-19-10-11-19)33(43)38-21-7-4-6-20(35)16-21/h4-9,12-13,16,19,26-28H,10-11,14-15,17H2,1-3H3,(H,38,43)/t26-,27+,28-,34+/m0/s1. The number of nitrogens with zero attached hydrogens (tertiary/aromatic N) is 3. The highest BCUT2D eigenvalue weighted by Gasteiger charge is 2.63. The molecule has 0 bridgehead atoms. The molecule has 1 saturated carbocycles. The third-order valence-corrected chi connectivity index (χ3v) is 10.5. The van der Waals surface area contributed by atoms with Gasteiger partial charge in [-0.1, -0.05) is 41.4 Å². The molecule has 1 N–H and O–H groups in total. The van der Waals surface area contributed by atoms with Crippen molar-refractivity contribution in [3.8, 4) is 0 Å². The molecule has 2 fully saturated rings. The first-order valence-electron chi connectivity index (χ1n) is 15.0. The fraction of sp³-hybridized carbons (Fsp3) is 0.382. The van der Waals surface area contributed by atoms with Gasteiger partial charge in [0.2, 0.25) is 5.91 Å². The molecule has 10 heteroatoms. The van der Waals surface area contributed by atoms with Crippen molar-refractivity contribution in [1.29, 1.82) is 0 Å². The molecular weight excluding hydrogens is 602 g/mol. The Morgan fingerprint density at radius 1 is 1.11 bits per heavy atom. The van der Waals surface area contributed by atoms with Crippen LogP contribution < -0.4 is 5.32 Å². The van der Waals surface area contributed by atoms with Crippen LogP contribution in [0.25, 0.3) is 11.0 Å². The van der Waals surface area contributed by atoms with Crippen molar-refractivity contribution in [3.63, 3.8) is 0 Å². The number of aromatic nitrogens is 2. The lowest BCUT2D eigenvalue weighted by Crippen LogP contribution is -2.56. The Hall–Kier alpha value is -3.46. The summed E-state index contributed by atoms with van der Waals surface area (Å²) in [7, 11) is 1.37. The van der Waals surface area contributed by atoms with E-state index in [0.717, 1.165) is 48.2 Å². The summed E-state index contributed by atoms with van der Waals surface area (Å²) in [5, 5.41) is 3.64. The van der Waals surface area contributed by atoms with Gasteiger partial charge in [0.05, 0.1) is 28.7 Å². The summed E-state index contributed by atoms with van der Waals surface area (Å²) in [6.45, 7) is 5.22. The maximum Gasteiger partial charge on any atom is 0.338 e. The number of nitrogens with one attached hydrogen (secondary N) is 1. The molecule has 7 rings (SSSR count). The molecule has 3 heterocycles. The van der Waals surface area contributed by atoms with Gasteiger partial charge in [-0.25, -0.2) is 14.2 Å². The minimum Gasteiger partial charge on any atom is -0.465 e. The van der Waals surface area contributed by atoms with Crippen LogP contribution in [-0.4, -0.2) is 51.6 Å². The summed E-state index contributed by atoms with van der Waals surface area (Å²) < 4.78 is 23.3. The van der Waals surface area contributed by atoms with Gasteiger partial charge in [0, 0.05) is 41.7 Å². The number of rotatable bonds is 6. The molecule has 1 aliphatic carbocycles. The number of carbonyl (C=O) groups excluding carboxylic acids is 2. The van der Waals surface area contributed by atoms with E-state index in [-0.39, 0.29) is 22.9 Å². The zero-order valence-corrected chi connectivity index (χ0v) is 26.3. The van der Waals surface area contributed by atoms with E-state index in [2.05, 4.69) is 14.8 Å². The van der Waals surface area contributed by atoms with E-state index >= 15 is 4.39 Å². The summed E-state index contributed by atoms with van der Waals surface area (Å²) in [5.74, 6) is -0.835. The maximum absolute atomic E-state index is 16.1. The lowest BCUT2D eigenvalue weighted by atomic mass is 9.73. The number of aryl methyl sites for hydroxylation is 2. The zero-order chi connectivity index (χ0) is 30.9. The maximum atomic E-state index is 16.1. The van der Waals surface area contributed by atoms with Gasteiger partial charge in [-0.15, -0.1) is 0 Å². The number of ether oxygens (including phenoxy) is 1. The minimum absolute atomic E-state index is 0.0140. The lowest BCUT2D eigenvalue weighted by molar-refractivity contribution is -0.127. The van der Waals surface area contributed by atoms with Crippen molar-refractivity contribution in [1.82, 2.24) is 14.5 Å². The second-order valence-corrected chi connectivity index (χ2v) is 13.3. The highest BCUT2D eigenvalue weighted by atomic mass is 35.5. The number of hydrogen-bond donors (Lipinski definition) is 1. The van der Waals surface area contributed by atoms with E-state index in [1.54, 1.807) is 42.5 Å². The monoisotopic (exact) mass is 634 g/mol. The average molecular weight is 636 g/mol. The van der Waals surface area contributed by atoms with Gasteiger partial charge in [0.1, 0.15) is 17.2 Å². The Morgan fingerprint density at radius 3 is 2.61 bits per heavy atom. The lowest BCUT2D eigenvalue weighted by Gasteiger charge is -2.40. The van der Waals surface area contributed by atoms with Crippen molar-refractivity contribution < 1.29 is 18.7 Å². The number of fused-ring (bicyclic) bond motifs is 5. The van der Waals surface area contributed by atoms with Crippen LogP contribution in [0, 0.1) is 18.7 Å². The van der Waals surface area contributed by atoms with Crippen LogP contribution in [0.1, 0.15) is 65.3 Å². The van der Waals surface area contributed by atoms with Crippen molar-refractivity contribution >= 4 is 51.8 Å². The molecule has 228 valence electrons. The van der Waals surface area contributed by atoms with Gasteiger partial charge in [-0.3, -0.25) is 9.69 Å². The van der Waals surface area contributed by atoms with Crippen molar-refractivity contribution in [2.75, 3.05) is 19.0 Å². The number of likely N-dealkylation sites (tertiary alicyclic amines) is 1. The van der Waals surface area contributed by atoms with Crippen molar-refractivity contribution in [2.24, 2.45) is 5.92 Å². The predicted molar refractivity (Wildman–Crippen MR) is 169 cm³/mol. The average Bonchev–Trinajstić information content (AvgIpc) is 3.69. The molecule has 2 aliphatic heterocycles. The highest BCUT2D eigenvalue weighted by molar-refractivity contribution is 6.31. The summed E-state index contributed by atoms with van der Waals surface area (Å²) in [6, 6.07) is 15.6. The summed E-state index contributed by atoms with van der Waals surface area (Å²) >= 11 is 12.7. The van der Waals surface area contributed by atoms with E-state index in [9.17, 15) is 9.59 Å². The molecule has 0 radical (unpaired) electrons. The molecule has 0 unspecified atom stereocenters. The molecular formula is C34H33Cl2FN4O3. The van der Waals surface area contributed by atoms with Gasteiger partial charge in [0.15, 0.2) is 0 Å². The summed E-state index contributed by atoms with van der Waals surface area (Å²) in [4.78, 5) is 34.7. The van der Waals surface area contributed by atoms with Crippen LogP contribution in [0.2, 0.25) is 10.0 Å². The van der Waals surface area contributed by atoms with Gasteiger partial charge in [0.25, 0.3) is 0 Å². The number of carbonyl (C=O) groups is 2. The Labute approximate surface area is 265 Å². The fourth-order valence-corrected chi connectivity index (χ4v) is 8.06. The molecule has 7 nitrogen and oxygen atoms in total. The first-order chi connectivity index (χ1) is 21.1. The van der Waals surface area contributed by atoms with E-state index < -0.39 is 23.2 Å². The topological polar surface area (TPSA) is 76.5 Å². The van der Waals surface area contributed by atoms with Crippen LogP contribution in [0.3, 0.4) is 0 Å². The molecule has 0 spiro atoms. The molecule has 1 saturated heterocycles. The van der Waals surface area contributed by atoms with Crippen molar-refractivity contribution in [3.05, 3.63) is 93.0 Å². The van der Waals surface area contributed by atoms with Crippen molar-refractivity contribution in [2.45, 2.75) is 63.1 Å². The molecule has 3 aliphatic rings. The van der Waals surface area contributed by atoms with E-state index in [1.807, 2.05) is 19.9 Å². The fourth-order valence-electron chi connectivity index (χ4n) is 7.69.